The number of urea groups is 1. The van der Waals surface area contributed by atoms with Crippen LogP contribution in [0.3, 0.4) is 0 Å². The van der Waals surface area contributed by atoms with Crippen molar-refractivity contribution in [2.24, 2.45) is 0 Å². The summed E-state index contributed by atoms with van der Waals surface area (Å²) in [4.78, 5) is 11.7. The van der Waals surface area contributed by atoms with Gasteiger partial charge in [0.25, 0.3) is 0 Å². The summed E-state index contributed by atoms with van der Waals surface area (Å²) < 4.78 is 0. The molecule has 2 aromatic carbocycles. The number of halogens is 1. The molecule has 0 fully saturated rings. The number of carbonyl (C=O) groups excluding carboxylic acids is 1. The van der Waals surface area contributed by atoms with Gasteiger partial charge in [-0.3, -0.25) is 0 Å². The number of benzene rings is 2. The molecule has 2 amide bonds. The van der Waals surface area contributed by atoms with E-state index in [0.29, 0.717) is 10.7 Å². The van der Waals surface area contributed by atoms with E-state index in [1.165, 1.54) is 12.3 Å². The number of phenols is 1. The number of phenolic OH excluding ortho intramolecular Hbond substituents is 1. The Morgan fingerprint density at radius 2 is 2.05 bits per heavy atom. The Bertz CT molecular complexity index is 684. The van der Waals surface area contributed by atoms with Crippen LogP contribution in [0, 0.1) is 6.92 Å². The molecule has 0 saturated heterocycles. The quantitative estimate of drug-likeness (QED) is 0.746. The lowest BCUT2D eigenvalue weighted by Gasteiger charge is -2.08. The summed E-state index contributed by atoms with van der Waals surface area (Å²) in [7, 11) is 0. The van der Waals surface area contributed by atoms with Crippen LogP contribution < -0.4 is 10.6 Å². The van der Waals surface area contributed by atoms with Gasteiger partial charge in [0.05, 0.1) is 0 Å². The number of anilines is 1. The van der Waals surface area contributed by atoms with Crippen molar-refractivity contribution in [2.75, 3.05) is 5.32 Å². The van der Waals surface area contributed by atoms with Gasteiger partial charge < -0.3 is 15.7 Å². The first-order valence-corrected chi connectivity index (χ1v) is 6.71. The Morgan fingerprint density at radius 1 is 1.24 bits per heavy atom. The molecule has 0 radical (unpaired) electrons. The van der Waals surface area contributed by atoms with Crippen molar-refractivity contribution >= 4 is 29.4 Å². The molecule has 0 atom stereocenters. The number of aryl methyl sites for hydroxylation is 1. The maximum Gasteiger partial charge on any atom is 0.323 e. The molecule has 0 saturated carbocycles. The van der Waals surface area contributed by atoms with Gasteiger partial charge in [-0.25, -0.2) is 4.79 Å². The van der Waals surface area contributed by atoms with E-state index in [4.69, 9.17) is 11.6 Å². The van der Waals surface area contributed by atoms with Crippen molar-refractivity contribution in [1.29, 1.82) is 0 Å². The topological polar surface area (TPSA) is 61.4 Å². The molecule has 2 aromatic rings. The van der Waals surface area contributed by atoms with Gasteiger partial charge in [-0.1, -0.05) is 23.7 Å². The van der Waals surface area contributed by atoms with Gasteiger partial charge in [0.2, 0.25) is 0 Å². The summed E-state index contributed by atoms with van der Waals surface area (Å²) in [5, 5.41) is 15.3. The molecule has 21 heavy (non-hydrogen) atoms. The zero-order valence-electron chi connectivity index (χ0n) is 11.4. The zero-order valence-corrected chi connectivity index (χ0v) is 12.2. The Labute approximate surface area is 128 Å². The first kappa shape index (κ1) is 14.9. The highest BCUT2D eigenvalue weighted by Crippen LogP contribution is 2.19. The third kappa shape index (κ3) is 4.54. The van der Waals surface area contributed by atoms with Crippen LogP contribution in [0.2, 0.25) is 5.02 Å². The lowest BCUT2D eigenvalue weighted by Crippen LogP contribution is -2.24. The summed E-state index contributed by atoms with van der Waals surface area (Å²) in [6, 6.07) is 11.7. The van der Waals surface area contributed by atoms with Crippen molar-refractivity contribution in [3.8, 4) is 5.75 Å². The van der Waals surface area contributed by atoms with Crippen molar-refractivity contribution < 1.29 is 9.90 Å². The molecule has 0 aliphatic rings. The second kappa shape index (κ2) is 6.81. The summed E-state index contributed by atoms with van der Waals surface area (Å²) in [6.07, 6.45) is 3.28. The highest BCUT2D eigenvalue weighted by Gasteiger charge is 2.03. The number of hydrogen-bond acceptors (Lipinski definition) is 2. The van der Waals surface area contributed by atoms with Crippen LogP contribution in [0.5, 0.6) is 5.75 Å². The van der Waals surface area contributed by atoms with E-state index in [2.05, 4.69) is 10.6 Å². The van der Waals surface area contributed by atoms with E-state index < -0.39 is 0 Å². The number of hydrogen-bond donors (Lipinski definition) is 3. The van der Waals surface area contributed by atoms with E-state index in [0.717, 1.165) is 11.1 Å². The van der Waals surface area contributed by atoms with E-state index in [1.807, 2.05) is 12.1 Å². The van der Waals surface area contributed by atoms with Crippen molar-refractivity contribution in [2.45, 2.75) is 6.92 Å². The SMILES string of the molecule is Cc1cc(O)ccc1NC(=O)N/C=C/c1cccc(Cl)c1. The summed E-state index contributed by atoms with van der Waals surface area (Å²) >= 11 is 5.87. The first-order chi connectivity index (χ1) is 10.0. The Morgan fingerprint density at radius 3 is 2.76 bits per heavy atom. The van der Waals surface area contributed by atoms with Crippen molar-refractivity contribution in [1.82, 2.24) is 5.32 Å². The van der Waals surface area contributed by atoms with Crippen LogP contribution in [0.15, 0.2) is 48.7 Å². The van der Waals surface area contributed by atoms with E-state index in [9.17, 15) is 9.90 Å². The molecule has 0 spiro atoms. The monoisotopic (exact) mass is 302 g/mol. The molecule has 0 bridgehead atoms. The van der Waals surface area contributed by atoms with Gasteiger partial charge in [-0.05, 0) is 54.5 Å². The molecular weight excluding hydrogens is 288 g/mol. The minimum absolute atomic E-state index is 0.166. The average molecular weight is 303 g/mol. The summed E-state index contributed by atoms with van der Waals surface area (Å²) in [6.45, 7) is 1.80. The highest BCUT2D eigenvalue weighted by atomic mass is 35.5. The largest absolute Gasteiger partial charge is 0.508 e. The standard InChI is InChI=1S/C16H15ClN2O2/c1-11-9-14(20)5-6-15(11)19-16(21)18-8-7-12-3-2-4-13(17)10-12/h2-10,20H,1H3,(H2,18,19,21)/b8-7+. The molecule has 3 N–H and O–H groups in total. The van der Waals surface area contributed by atoms with Gasteiger partial charge >= 0.3 is 6.03 Å². The molecule has 108 valence electrons. The Kier molecular flexibility index (Phi) is 4.85. The van der Waals surface area contributed by atoms with Crippen LogP contribution in [0.25, 0.3) is 6.08 Å². The minimum Gasteiger partial charge on any atom is -0.508 e. The average Bonchev–Trinajstić information content (AvgIpc) is 2.42. The Hall–Kier alpha value is -2.46. The van der Waals surface area contributed by atoms with Crippen LogP contribution in [0.4, 0.5) is 10.5 Å². The molecular formula is C16H15ClN2O2. The maximum absolute atomic E-state index is 11.7. The maximum atomic E-state index is 11.7. The third-order valence-corrected chi connectivity index (χ3v) is 3.03. The predicted molar refractivity (Wildman–Crippen MR) is 85.5 cm³/mol. The van der Waals surface area contributed by atoms with Crippen LogP contribution in [-0.4, -0.2) is 11.1 Å². The summed E-state index contributed by atoms with van der Waals surface area (Å²) in [5.41, 5.74) is 2.31. The normalized spacial score (nSPS) is 10.6. The van der Waals surface area contributed by atoms with Gasteiger partial charge in [-0.2, -0.15) is 0 Å². The molecule has 0 aliphatic heterocycles. The molecule has 0 unspecified atom stereocenters. The molecule has 2 rings (SSSR count). The molecule has 5 heteroatoms. The van der Waals surface area contributed by atoms with Crippen molar-refractivity contribution in [3.05, 3.63) is 64.8 Å². The lowest BCUT2D eigenvalue weighted by atomic mass is 10.2. The first-order valence-electron chi connectivity index (χ1n) is 6.34. The lowest BCUT2D eigenvalue weighted by molar-refractivity contribution is 0.255. The second-order valence-electron chi connectivity index (χ2n) is 4.49. The third-order valence-electron chi connectivity index (χ3n) is 2.80. The van der Waals surface area contributed by atoms with Crippen LogP contribution in [-0.2, 0) is 0 Å². The van der Waals surface area contributed by atoms with E-state index in [1.54, 1.807) is 37.3 Å². The Balaban J connectivity index is 1.93. The molecule has 0 aliphatic carbocycles. The van der Waals surface area contributed by atoms with Crippen LogP contribution in [0.1, 0.15) is 11.1 Å². The van der Waals surface area contributed by atoms with E-state index >= 15 is 0 Å². The highest BCUT2D eigenvalue weighted by molar-refractivity contribution is 6.30. The zero-order chi connectivity index (χ0) is 15.2. The van der Waals surface area contributed by atoms with E-state index in [-0.39, 0.29) is 11.8 Å². The second-order valence-corrected chi connectivity index (χ2v) is 4.92. The van der Waals surface area contributed by atoms with Gasteiger partial charge in [0.15, 0.2) is 0 Å². The van der Waals surface area contributed by atoms with Gasteiger partial charge in [-0.15, -0.1) is 0 Å². The fraction of sp³-hybridized carbons (Fsp3) is 0.0625. The fourth-order valence-corrected chi connectivity index (χ4v) is 1.97. The number of rotatable bonds is 3. The minimum atomic E-state index is -0.359. The molecule has 0 heterocycles. The van der Waals surface area contributed by atoms with Gasteiger partial charge in [0, 0.05) is 16.9 Å². The number of carbonyl (C=O) groups is 1. The van der Waals surface area contributed by atoms with Gasteiger partial charge in [0.1, 0.15) is 5.75 Å². The van der Waals surface area contributed by atoms with Crippen LogP contribution >= 0.6 is 11.6 Å². The molecule has 4 nitrogen and oxygen atoms in total. The number of aromatic hydroxyl groups is 1. The smallest absolute Gasteiger partial charge is 0.323 e. The number of nitrogens with one attached hydrogen (secondary N) is 2. The molecule has 0 aromatic heterocycles. The predicted octanol–water partition coefficient (Wildman–Crippen LogP) is 4.15. The van der Waals surface area contributed by atoms with Crippen molar-refractivity contribution in [3.63, 3.8) is 0 Å². The summed E-state index contributed by atoms with van der Waals surface area (Å²) in [5.74, 6) is 0.166. The number of amides is 2. The fourth-order valence-electron chi connectivity index (χ4n) is 1.77.